The summed E-state index contributed by atoms with van der Waals surface area (Å²) in [6, 6.07) is 0. The third kappa shape index (κ3) is 2.70. The average Bonchev–Trinajstić information content (AvgIpc) is 2.83. The number of ether oxygens (including phenoxy) is 1. The van der Waals surface area contributed by atoms with Crippen LogP contribution in [-0.4, -0.2) is 33.6 Å². The number of H-pyrrole nitrogens is 1. The lowest BCUT2D eigenvalue weighted by Gasteiger charge is -2.28. The second-order valence-corrected chi connectivity index (χ2v) is 5.93. The minimum absolute atomic E-state index is 0.0101. The molecule has 2 aromatic heterocycles. The Morgan fingerprint density at radius 3 is 3.05 bits per heavy atom. The van der Waals surface area contributed by atoms with Crippen molar-refractivity contribution in [2.45, 2.75) is 46.1 Å². The Bertz CT molecular complexity index is 695. The van der Waals surface area contributed by atoms with Crippen LogP contribution in [0.3, 0.4) is 0 Å². The smallest absolute Gasteiger partial charge is 0.228 e. The number of nitrogens with one attached hydrogen (secondary N) is 2. The highest BCUT2D eigenvalue weighted by molar-refractivity contribution is 6.01. The number of hydrogen-bond acceptors (Lipinski definition) is 4. The lowest BCUT2D eigenvalue weighted by molar-refractivity contribution is -0.124. The van der Waals surface area contributed by atoms with Crippen LogP contribution in [0.15, 0.2) is 6.33 Å². The summed E-state index contributed by atoms with van der Waals surface area (Å²) in [5.74, 6) is 0.612. The van der Waals surface area contributed by atoms with E-state index in [4.69, 9.17) is 4.74 Å². The van der Waals surface area contributed by atoms with E-state index in [0.717, 1.165) is 41.6 Å². The number of hydrogen-bond donors (Lipinski definition) is 2. The molecule has 22 heavy (non-hydrogen) atoms. The molecule has 0 aliphatic carbocycles. The first kappa shape index (κ1) is 15.0. The number of aryl methyl sites for hydroxylation is 2. The summed E-state index contributed by atoms with van der Waals surface area (Å²) in [5, 5.41) is 3.88. The maximum atomic E-state index is 12.6. The summed E-state index contributed by atoms with van der Waals surface area (Å²) < 4.78 is 5.64. The van der Waals surface area contributed by atoms with Crippen molar-refractivity contribution in [2.24, 2.45) is 5.92 Å². The molecule has 0 spiro atoms. The molecule has 0 radical (unpaired) electrons. The van der Waals surface area contributed by atoms with Gasteiger partial charge in [0, 0.05) is 18.2 Å². The fourth-order valence-corrected chi connectivity index (χ4v) is 3.01. The van der Waals surface area contributed by atoms with Gasteiger partial charge >= 0.3 is 0 Å². The molecule has 1 saturated heterocycles. The predicted octanol–water partition coefficient (Wildman–Crippen LogP) is 2.72. The van der Waals surface area contributed by atoms with Gasteiger partial charge in [0.15, 0.2) is 0 Å². The maximum absolute atomic E-state index is 12.6. The molecule has 2 N–H and O–H groups in total. The number of carbonyl (C=O) groups excluding carboxylic acids is 1. The van der Waals surface area contributed by atoms with E-state index < -0.39 is 0 Å². The fraction of sp³-hybridized carbons (Fsp3) is 0.562. The first-order valence-electron chi connectivity index (χ1n) is 7.82. The van der Waals surface area contributed by atoms with Gasteiger partial charge in [-0.2, -0.15) is 0 Å². The van der Waals surface area contributed by atoms with Crippen molar-refractivity contribution in [1.82, 2.24) is 15.0 Å². The lowest BCUT2D eigenvalue weighted by Crippen LogP contribution is -2.33. The number of rotatable bonds is 3. The van der Waals surface area contributed by atoms with E-state index in [1.807, 2.05) is 13.8 Å². The minimum atomic E-state index is -0.0101. The molecule has 1 amide bonds. The summed E-state index contributed by atoms with van der Waals surface area (Å²) in [6.45, 7) is 6.74. The summed E-state index contributed by atoms with van der Waals surface area (Å²) in [5.41, 5.74) is 2.88. The van der Waals surface area contributed by atoms with Crippen LogP contribution in [0.4, 0.5) is 5.82 Å². The molecular weight excluding hydrogens is 280 g/mol. The Morgan fingerprint density at radius 2 is 2.27 bits per heavy atom. The third-order valence-corrected chi connectivity index (χ3v) is 4.53. The summed E-state index contributed by atoms with van der Waals surface area (Å²) in [7, 11) is 0. The van der Waals surface area contributed by atoms with E-state index in [-0.39, 0.29) is 17.9 Å². The Kier molecular flexibility index (Phi) is 4.11. The van der Waals surface area contributed by atoms with Gasteiger partial charge in [-0.05, 0) is 38.7 Å². The van der Waals surface area contributed by atoms with Gasteiger partial charge in [0.1, 0.15) is 17.8 Å². The monoisotopic (exact) mass is 302 g/mol. The van der Waals surface area contributed by atoms with E-state index in [0.29, 0.717) is 12.4 Å². The predicted molar refractivity (Wildman–Crippen MR) is 84.7 cm³/mol. The van der Waals surface area contributed by atoms with Gasteiger partial charge < -0.3 is 15.0 Å². The van der Waals surface area contributed by atoms with Gasteiger partial charge in [0.05, 0.1) is 11.5 Å². The lowest BCUT2D eigenvalue weighted by atomic mass is 9.93. The van der Waals surface area contributed by atoms with E-state index in [2.05, 4.69) is 27.2 Å². The van der Waals surface area contributed by atoms with Crippen LogP contribution in [0.5, 0.6) is 0 Å². The van der Waals surface area contributed by atoms with Gasteiger partial charge in [0.25, 0.3) is 0 Å². The van der Waals surface area contributed by atoms with Crippen LogP contribution in [0.1, 0.15) is 37.4 Å². The Balaban J connectivity index is 1.82. The number of carbonyl (C=O) groups is 1. The third-order valence-electron chi connectivity index (χ3n) is 4.53. The molecule has 2 atom stereocenters. The van der Waals surface area contributed by atoms with Crippen molar-refractivity contribution >= 4 is 22.8 Å². The van der Waals surface area contributed by atoms with Gasteiger partial charge in [-0.15, -0.1) is 0 Å². The highest BCUT2D eigenvalue weighted by atomic mass is 16.5. The van der Waals surface area contributed by atoms with Gasteiger partial charge in [-0.25, -0.2) is 9.97 Å². The zero-order valence-electron chi connectivity index (χ0n) is 13.3. The zero-order valence-corrected chi connectivity index (χ0v) is 13.3. The minimum Gasteiger partial charge on any atom is -0.378 e. The Morgan fingerprint density at radius 1 is 1.45 bits per heavy atom. The summed E-state index contributed by atoms with van der Waals surface area (Å²) in [6.07, 6.45) is 4.15. The zero-order chi connectivity index (χ0) is 15.7. The molecule has 3 heterocycles. The van der Waals surface area contributed by atoms with Gasteiger partial charge in [-0.3, -0.25) is 4.79 Å². The number of amides is 1. The molecule has 1 fully saturated rings. The summed E-state index contributed by atoms with van der Waals surface area (Å²) in [4.78, 5) is 24.3. The standard InChI is InChI=1S/C16H22N4O2/c1-4-12-7-11(5-6-22-12)16(21)20-15-13-9(2)10(3)19-14(13)17-8-18-15/h8,11-12H,4-7H2,1-3H3,(H2,17,18,19,20,21)/t11-,12+/m0/s1. The van der Waals surface area contributed by atoms with E-state index in [1.165, 1.54) is 6.33 Å². The van der Waals surface area contributed by atoms with Crippen LogP contribution >= 0.6 is 0 Å². The van der Waals surface area contributed by atoms with E-state index in [1.54, 1.807) is 0 Å². The van der Waals surface area contributed by atoms with Crippen molar-refractivity contribution in [3.63, 3.8) is 0 Å². The second-order valence-electron chi connectivity index (χ2n) is 5.93. The first-order valence-corrected chi connectivity index (χ1v) is 7.82. The van der Waals surface area contributed by atoms with Crippen molar-refractivity contribution in [1.29, 1.82) is 0 Å². The normalized spacial score (nSPS) is 22.0. The van der Waals surface area contributed by atoms with Gasteiger partial charge in [0.2, 0.25) is 5.91 Å². The van der Waals surface area contributed by atoms with Crippen LogP contribution in [0.25, 0.3) is 11.0 Å². The molecule has 0 aromatic carbocycles. The van der Waals surface area contributed by atoms with Crippen LogP contribution in [0.2, 0.25) is 0 Å². The molecule has 1 aliphatic heterocycles. The highest BCUT2D eigenvalue weighted by Crippen LogP contribution is 2.27. The maximum Gasteiger partial charge on any atom is 0.228 e. The molecule has 3 rings (SSSR count). The Labute approximate surface area is 129 Å². The SMILES string of the molecule is CC[C@@H]1C[C@@H](C(=O)Nc2ncnc3[nH]c(C)c(C)c23)CCO1. The molecule has 118 valence electrons. The number of aromatic amines is 1. The topological polar surface area (TPSA) is 79.9 Å². The highest BCUT2D eigenvalue weighted by Gasteiger charge is 2.27. The van der Waals surface area contributed by atoms with Crippen molar-refractivity contribution in [3.8, 4) is 0 Å². The Hall–Kier alpha value is -1.95. The number of anilines is 1. The molecular formula is C16H22N4O2. The second kappa shape index (κ2) is 6.04. The van der Waals surface area contributed by atoms with E-state index in [9.17, 15) is 4.79 Å². The molecule has 0 bridgehead atoms. The summed E-state index contributed by atoms with van der Waals surface area (Å²) >= 11 is 0. The van der Waals surface area contributed by atoms with Crippen molar-refractivity contribution < 1.29 is 9.53 Å². The van der Waals surface area contributed by atoms with Crippen LogP contribution in [-0.2, 0) is 9.53 Å². The molecule has 0 unspecified atom stereocenters. The van der Waals surface area contributed by atoms with Crippen LogP contribution in [0, 0.1) is 19.8 Å². The number of aromatic nitrogens is 3. The van der Waals surface area contributed by atoms with Crippen LogP contribution < -0.4 is 5.32 Å². The molecule has 2 aromatic rings. The van der Waals surface area contributed by atoms with E-state index >= 15 is 0 Å². The fourth-order valence-electron chi connectivity index (χ4n) is 3.01. The number of nitrogens with zero attached hydrogens (tertiary/aromatic N) is 2. The van der Waals surface area contributed by atoms with Crippen molar-refractivity contribution in [3.05, 3.63) is 17.6 Å². The number of fused-ring (bicyclic) bond motifs is 1. The molecule has 0 saturated carbocycles. The first-order chi connectivity index (χ1) is 10.6. The molecule has 6 nitrogen and oxygen atoms in total. The van der Waals surface area contributed by atoms with Gasteiger partial charge in [-0.1, -0.05) is 6.92 Å². The largest absolute Gasteiger partial charge is 0.378 e. The molecule has 1 aliphatic rings. The quantitative estimate of drug-likeness (QED) is 0.913. The van der Waals surface area contributed by atoms with Crippen molar-refractivity contribution in [2.75, 3.05) is 11.9 Å². The average molecular weight is 302 g/mol. The molecule has 6 heteroatoms.